The molecular formula is C41H43FO10. The summed E-state index contributed by atoms with van der Waals surface area (Å²) in [6.45, 7) is 10.5. The molecule has 0 bridgehead atoms. The van der Waals surface area contributed by atoms with E-state index < -0.39 is 12.1 Å². The fourth-order valence-electron chi connectivity index (χ4n) is 6.12. The number of alkyl halides is 1. The lowest BCUT2D eigenvalue weighted by molar-refractivity contribution is -0.217. The highest BCUT2D eigenvalue weighted by Gasteiger charge is 2.34. The predicted octanol–water partition coefficient (Wildman–Crippen LogP) is 7.32. The Labute approximate surface area is 302 Å². The molecule has 274 valence electrons. The predicted molar refractivity (Wildman–Crippen MR) is 189 cm³/mol. The van der Waals surface area contributed by atoms with Crippen molar-refractivity contribution in [3.05, 3.63) is 107 Å². The molecule has 4 aromatic rings. The molecular weight excluding hydrogens is 671 g/mol. The van der Waals surface area contributed by atoms with Crippen LogP contribution in [-0.2, 0) is 30.4 Å². The van der Waals surface area contributed by atoms with E-state index in [4.69, 9.17) is 42.9 Å². The van der Waals surface area contributed by atoms with Gasteiger partial charge in [-0.25, -0.2) is 9.18 Å². The van der Waals surface area contributed by atoms with Gasteiger partial charge in [0, 0.05) is 22.0 Å². The van der Waals surface area contributed by atoms with Crippen molar-refractivity contribution in [3.8, 4) is 34.1 Å². The first-order chi connectivity index (χ1) is 25.3. The lowest BCUT2D eigenvalue weighted by Gasteiger charge is -2.37. The highest BCUT2D eigenvalue weighted by atomic mass is 19.1. The Morgan fingerprint density at radius 1 is 0.673 bits per heavy atom. The first-order valence-electron chi connectivity index (χ1n) is 17.5. The summed E-state index contributed by atoms with van der Waals surface area (Å²) in [4.78, 5) is 23.9. The SMILES string of the molecule is CC1(COCCOc2ccc(COOc3ccc4c(c3)C(F)c3cc(OC(=O)c5ccc(OCCOCC6(C)COC6)cc5)ccc3-4)cc2)COC1. The zero-order valence-electron chi connectivity index (χ0n) is 29.4. The molecule has 0 radical (unpaired) electrons. The summed E-state index contributed by atoms with van der Waals surface area (Å²) in [5, 5.41) is 0. The molecule has 4 aromatic carbocycles. The number of fused-ring (bicyclic) bond motifs is 3. The number of hydrogen-bond donors (Lipinski definition) is 0. The van der Waals surface area contributed by atoms with E-state index in [1.165, 1.54) is 0 Å². The van der Waals surface area contributed by atoms with Crippen LogP contribution in [0.1, 0.15) is 47.1 Å². The molecule has 1 aliphatic carbocycles. The summed E-state index contributed by atoms with van der Waals surface area (Å²) < 4.78 is 54.7. The lowest BCUT2D eigenvalue weighted by atomic mass is 9.90. The standard InChI is InChI=1S/C41H43FO10/c1-40(24-46-25-40)22-44-15-17-48-30-7-3-28(4-8-30)21-50-52-33-12-14-35-34-13-11-32(19-36(34)38(42)37(35)20-33)51-39(43)29-5-9-31(10-6-29)49-18-16-45-23-41(2)26-47-27-41/h3-14,19-20,38H,15-18,21-27H2,1-2H3. The van der Waals surface area contributed by atoms with Crippen LogP contribution in [0.5, 0.6) is 23.0 Å². The van der Waals surface area contributed by atoms with Crippen LogP contribution < -0.4 is 19.1 Å². The van der Waals surface area contributed by atoms with Gasteiger partial charge in [0.1, 0.15) is 37.1 Å². The minimum Gasteiger partial charge on any atom is -0.491 e. The van der Waals surface area contributed by atoms with Crippen LogP contribution in [0.3, 0.4) is 0 Å². The lowest BCUT2D eigenvalue weighted by Crippen LogP contribution is -2.43. The van der Waals surface area contributed by atoms with Gasteiger partial charge in [0.15, 0.2) is 11.9 Å². The molecule has 10 nitrogen and oxygen atoms in total. The van der Waals surface area contributed by atoms with Crippen LogP contribution in [0.2, 0.25) is 0 Å². The van der Waals surface area contributed by atoms with E-state index >= 15 is 4.39 Å². The minimum absolute atomic E-state index is 0.0947. The first kappa shape index (κ1) is 35.9. The van der Waals surface area contributed by atoms with Gasteiger partial charge in [-0.15, -0.1) is 0 Å². The molecule has 52 heavy (non-hydrogen) atoms. The van der Waals surface area contributed by atoms with Gasteiger partial charge >= 0.3 is 5.97 Å². The summed E-state index contributed by atoms with van der Waals surface area (Å²) in [6.07, 6.45) is -1.43. The van der Waals surface area contributed by atoms with E-state index in [1.807, 2.05) is 24.3 Å². The van der Waals surface area contributed by atoms with Crippen LogP contribution in [-0.4, -0.2) is 72.0 Å². The van der Waals surface area contributed by atoms with Crippen molar-refractivity contribution in [2.24, 2.45) is 10.8 Å². The summed E-state index contributed by atoms with van der Waals surface area (Å²) in [6, 6.07) is 24.3. The van der Waals surface area contributed by atoms with Gasteiger partial charge in [-0.3, -0.25) is 0 Å². The number of carbonyl (C=O) groups is 1. The van der Waals surface area contributed by atoms with E-state index in [9.17, 15) is 4.79 Å². The van der Waals surface area contributed by atoms with Crippen molar-refractivity contribution in [2.75, 3.05) is 66.1 Å². The molecule has 1 atom stereocenters. The van der Waals surface area contributed by atoms with Gasteiger partial charge in [0.25, 0.3) is 0 Å². The number of ether oxygens (including phenoxy) is 7. The molecule has 0 amide bonds. The Morgan fingerprint density at radius 3 is 1.71 bits per heavy atom. The van der Waals surface area contributed by atoms with Crippen LogP contribution >= 0.6 is 0 Å². The Balaban J connectivity index is 0.846. The zero-order chi connectivity index (χ0) is 36.0. The molecule has 0 saturated carbocycles. The average molecular weight is 715 g/mol. The molecule has 1 unspecified atom stereocenters. The van der Waals surface area contributed by atoms with Crippen molar-refractivity contribution >= 4 is 5.97 Å². The summed E-state index contributed by atoms with van der Waals surface area (Å²) >= 11 is 0. The van der Waals surface area contributed by atoms with Crippen molar-refractivity contribution in [1.82, 2.24) is 0 Å². The monoisotopic (exact) mass is 714 g/mol. The molecule has 2 saturated heterocycles. The molecule has 0 aromatic heterocycles. The van der Waals surface area contributed by atoms with Gasteiger partial charge in [0.2, 0.25) is 0 Å². The third-order valence-corrected chi connectivity index (χ3v) is 9.18. The van der Waals surface area contributed by atoms with Crippen LogP contribution in [0.15, 0.2) is 84.9 Å². The zero-order valence-corrected chi connectivity index (χ0v) is 29.4. The maximum atomic E-state index is 15.7. The maximum Gasteiger partial charge on any atom is 0.343 e. The van der Waals surface area contributed by atoms with E-state index in [0.29, 0.717) is 67.8 Å². The van der Waals surface area contributed by atoms with Crippen molar-refractivity contribution in [1.29, 1.82) is 0 Å². The van der Waals surface area contributed by atoms with Gasteiger partial charge < -0.3 is 38.0 Å². The Hall–Kier alpha value is -4.52. The van der Waals surface area contributed by atoms with Crippen molar-refractivity contribution in [2.45, 2.75) is 26.6 Å². The molecule has 2 fully saturated rings. The number of benzene rings is 4. The highest BCUT2D eigenvalue weighted by molar-refractivity contribution is 5.91. The normalized spacial score (nSPS) is 17.6. The summed E-state index contributed by atoms with van der Waals surface area (Å²) in [7, 11) is 0. The maximum absolute atomic E-state index is 15.7. The van der Waals surface area contributed by atoms with E-state index in [-0.39, 0.29) is 23.2 Å². The Morgan fingerprint density at radius 2 is 1.17 bits per heavy atom. The number of carbonyl (C=O) groups excluding carboxylic acids is 1. The van der Waals surface area contributed by atoms with Crippen molar-refractivity contribution in [3.63, 3.8) is 0 Å². The summed E-state index contributed by atoms with van der Waals surface area (Å²) in [5.74, 6) is 1.42. The van der Waals surface area contributed by atoms with E-state index in [2.05, 4.69) is 13.8 Å². The van der Waals surface area contributed by atoms with Crippen LogP contribution in [0.4, 0.5) is 4.39 Å². The molecule has 0 N–H and O–H groups in total. The Kier molecular flexibility index (Phi) is 11.0. The molecule has 11 heteroatoms. The molecule has 2 heterocycles. The number of rotatable bonds is 18. The van der Waals surface area contributed by atoms with Crippen molar-refractivity contribution < 1.29 is 52.1 Å². The second-order valence-electron chi connectivity index (χ2n) is 14.2. The molecule has 7 rings (SSSR count). The fraction of sp³-hybridized carbons (Fsp3) is 0.390. The van der Waals surface area contributed by atoms with Gasteiger partial charge in [0.05, 0.1) is 58.4 Å². The van der Waals surface area contributed by atoms with Gasteiger partial charge in [-0.05, 0) is 77.4 Å². The third-order valence-electron chi connectivity index (χ3n) is 9.18. The largest absolute Gasteiger partial charge is 0.491 e. The summed E-state index contributed by atoms with van der Waals surface area (Å²) in [5.41, 5.74) is 3.79. The van der Waals surface area contributed by atoms with E-state index in [1.54, 1.807) is 60.7 Å². The van der Waals surface area contributed by atoms with Gasteiger partial charge in [-0.2, -0.15) is 4.89 Å². The topological polar surface area (TPSA) is 100 Å². The van der Waals surface area contributed by atoms with Crippen LogP contribution in [0.25, 0.3) is 11.1 Å². The average Bonchev–Trinajstić information content (AvgIpc) is 3.40. The van der Waals surface area contributed by atoms with E-state index in [0.717, 1.165) is 48.9 Å². The minimum atomic E-state index is -1.43. The second-order valence-corrected chi connectivity index (χ2v) is 14.2. The smallest absolute Gasteiger partial charge is 0.343 e. The highest BCUT2D eigenvalue weighted by Crippen LogP contribution is 2.48. The quantitative estimate of drug-likeness (QED) is 0.0343. The number of hydrogen-bond acceptors (Lipinski definition) is 10. The number of halogens is 1. The molecule has 2 aliphatic heterocycles. The van der Waals surface area contributed by atoms with Gasteiger partial charge in [-0.1, -0.05) is 38.1 Å². The Bertz CT molecular complexity index is 1820. The fourth-order valence-corrected chi connectivity index (χ4v) is 6.12. The van der Waals surface area contributed by atoms with Crippen LogP contribution in [0, 0.1) is 10.8 Å². The molecule has 0 spiro atoms. The first-order valence-corrected chi connectivity index (χ1v) is 17.5. The number of esters is 1. The second kappa shape index (κ2) is 16.0. The molecule has 3 aliphatic rings. The third kappa shape index (κ3) is 8.74.